The molecule has 6 heteroatoms. The Hall–Kier alpha value is -1.76. The number of aromatic nitrogens is 1. The number of amides is 1. The van der Waals surface area contributed by atoms with Crippen LogP contribution < -0.4 is 4.90 Å². The van der Waals surface area contributed by atoms with Crippen molar-refractivity contribution in [3.8, 4) is 10.6 Å². The van der Waals surface area contributed by atoms with E-state index in [1.54, 1.807) is 11.3 Å². The van der Waals surface area contributed by atoms with Crippen molar-refractivity contribution in [1.82, 2.24) is 14.8 Å². The van der Waals surface area contributed by atoms with E-state index in [9.17, 15) is 4.79 Å². The molecular formula is C20H26N4OS. The Morgan fingerprint density at radius 1 is 1.08 bits per heavy atom. The molecule has 0 spiro atoms. The van der Waals surface area contributed by atoms with Crippen LogP contribution in [0.2, 0.25) is 0 Å². The van der Waals surface area contributed by atoms with E-state index in [4.69, 9.17) is 4.98 Å². The summed E-state index contributed by atoms with van der Waals surface area (Å²) in [5, 5.41) is 2.09. The molecular weight excluding hydrogens is 344 g/mol. The van der Waals surface area contributed by atoms with E-state index >= 15 is 0 Å². The van der Waals surface area contributed by atoms with Gasteiger partial charge in [0.1, 0.15) is 10.0 Å². The number of piperazine rings is 1. The van der Waals surface area contributed by atoms with Gasteiger partial charge < -0.3 is 9.80 Å². The number of thiazole rings is 1. The second-order valence-corrected chi connectivity index (χ2v) is 8.20. The highest BCUT2D eigenvalue weighted by atomic mass is 32.1. The average molecular weight is 371 g/mol. The number of hydrogen-bond acceptors (Lipinski definition) is 5. The Morgan fingerprint density at radius 3 is 2.62 bits per heavy atom. The topological polar surface area (TPSA) is 39.7 Å². The van der Waals surface area contributed by atoms with Crippen LogP contribution in [0.1, 0.15) is 18.5 Å². The van der Waals surface area contributed by atoms with E-state index in [1.807, 2.05) is 23.1 Å². The van der Waals surface area contributed by atoms with Crippen molar-refractivity contribution in [3.05, 3.63) is 36.0 Å². The lowest BCUT2D eigenvalue weighted by molar-refractivity contribution is -0.120. The normalized spacial score (nSPS) is 19.2. The molecule has 1 saturated heterocycles. The van der Waals surface area contributed by atoms with E-state index < -0.39 is 0 Å². The molecule has 1 amide bonds. The van der Waals surface area contributed by atoms with Gasteiger partial charge in [-0.15, -0.1) is 0 Å². The third-order valence-corrected chi connectivity index (χ3v) is 6.41. The van der Waals surface area contributed by atoms with E-state index in [-0.39, 0.29) is 5.91 Å². The predicted octanol–water partition coefficient (Wildman–Crippen LogP) is 2.73. The van der Waals surface area contributed by atoms with Crippen molar-refractivity contribution >= 4 is 22.2 Å². The molecule has 2 aliphatic rings. The monoisotopic (exact) mass is 370 g/mol. The molecule has 5 nitrogen and oxygen atoms in total. The number of carbonyl (C=O) groups excluding carboxylic acids is 1. The van der Waals surface area contributed by atoms with Crippen molar-refractivity contribution < 1.29 is 4.79 Å². The molecule has 1 aromatic carbocycles. The van der Waals surface area contributed by atoms with Gasteiger partial charge in [0.15, 0.2) is 0 Å². The van der Waals surface area contributed by atoms with Crippen LogP contribution in [0.5, 0.6) is 0 Å². The summed E-state index contributed by atoms with van der Waals surface area (Å²) in [4.78, 5) is 24.5. The van der Waals surface area contributed by atoms with Gasteiger partial charge in [0.05, 0.1) is 12.2 Å². The molecule has 1 fully saturated rings. The van der Waals surface area contributed by atoms with Gasteiger partial charge in [-0.25, -0.2) is 4.98 Å². The van der Waals surface area contributed by atoms with Gasteiger partial charge in [-0.2, -0.15) is 0 Å². The smallest absolute Gasteiger partial charge is 0.241 e. The summed E-state index contributed by atoms with van der Waals surface area (Å²) < 4.78 is 0. The molecule has 2 aliphatic heterocycles. The minimum Gasteiger partial charge on any atom is -0.304 e. The minimum absolute atomic E-state index is 0.223. The maximum Gasteiger partial charge on any atom is 0.241 e. The van der Waals surface area contributed by atoms with Crippen LogP contribution in [0.4, 0.5) is 5.00 Å². The fraction of sp³-hybridized carbons (Fsp3) is 0.500. The fourth-order valence-corrected chi connectivity index (χ4v) is 4.77. The van der Waals surface area contributed by atoms with Crippen LogP contribution in [0.15, 0.2) is 30.3 Å². The van der Waals surface area contributed by atoms with Crippen molar-refractivity contribution in [3.63, 3.8) is 0 Å². The molecule has 0 bridgehead atoms. The lowest BCUT2D eigenvalue weighted by atomic mass is 10.2. The number of likely N-dealkylation sites (N-methyl/N-ethyl adjacent to an activating group) is 1. The van der Waals surface area contributed by atoms with Crippen molar-refractivity contribution in [1.29, 1.82) is 0 Å². The second-order valence-electron chi connectivity index (χ2n) is 7.22. The molecule has 0 saturated carbocycles. The highest BCUT2D eigenvalue weighted by molar-refractivity contribution is 7.19. The molecule has 26 heavy (non-hydrogen) atoms. The number of nitrogens with zero attached hydrogens (tertiary/aromatic N) is 4. The molecule has 0 atom stereocenters. The van der Waals surface area contributed by atoms with E-state index in [0.717, 1.165) is 73.3 Å². The maximum absolute atomic E-state index is 13.1. The summed E-state index contributed by atoms with van der Waals surface area (Å²) in [7, 11) is 2.14. The first-order valence-electron chi connectivity index (χ1n) is 9.47. The zero-order valence-electron chi connectivity index (χ0n) is 15.4. The predicted molar refractivity (Wildman–Crippen MR) is 107 cm³/mol. The van der Waals surface area contributed by atoms with Crippen LogP contribution in [-0.4, -0.2) is 67.0 Å². The quantitative estimate of drug-likeness (QED) is 0.833. The number of aryl methyl sites for hydroxylation is 1. The van der Waals surface area contributed by atoms with E-state index in [0.29, 0.717) is 6.54 Å². The highest BCUT2D eigenvalue weighted by Crippen LogP contribution is 2.37. The summed E-state index contributed by atoms with van der Waals surface area (Å²) in [5.74, 6) is 0.223. The van der Waals surface area contributed by atoms with Crippen molar-refractivity contribution in [2.24, 2.45) is 0 Å². The van der Waals surface area contributed by atoms with Gasteiger partial charge >= 0.3 is 0 Å². The number of rotatable bonds is 3. The Labute approximate surface area is 159 Å². The Kier molecular flexibility index (Phi) is 5.33. The molecule has 138 valence electrons. The Balaban J connectivity index is 1.54. The molecule has 0 unspecified atom stereocenters. The zero-order valence-corrected chi connectivity index (χ0v) is 16.2. The average Bonchev–Trinajstić information content (AvgIpc) is 2.98. The van der Waals surface area contributed by atoms with Gasteiger partial charge in [0.25, 0.3) is 0 Å². The highest BCUT2D eigenvalue weighted by Gasteiger charge is 2.27. The second kappa shape index (κ2) is 7.86. The Bertz CT molecular complexity index is 752. The lowest BCUT2D eigenvalue weighted by Gasteiger charge is -2.33. The Morgan fingerprint density at radius 2 is 1.85 bits per heavy atom. The van der Waals surface area contributed by atoms with Crippen molar-refractivity contribution in [2.45, 2.75) is 19.3 Å². The van der Waals surface area contributed by atoms with Crippen LogP contribution >= 0.6 is 11.3 Å². The molecule has 0 radical (unpaired) electrons. The molecule has 1 aromatic heterocycles. The molecule has 0 N–H and O–H groups in total. The zero-order chi connectivity index (χ0) is 17.9. The third kappa shape index (κ3) is 3.82. The van der Waals surface area contributed by atoms with Gasteiger partial charge in [0, 0.05) is 38.3 Å². The largest absolute Gasteiger partial charge is 0.304 e. The SMILES string of the molecule is CN1CCN(CC(=O)N2CCCCc3nc(-c4ccccc4)sc32)CC1. The summed E-state index contributed by atoms with van der Waals surface area (Å²) in [6, 6.07) is 10.3. The van der Waals surface area contributed by atoms with Gasteiger partial charge in [-0.05, 0) is 26.3 Å². The number of carbonyl (C=O) groups is 1. The molecule has 4 rings (SSSR count). The number of anilines is 1. The summed E-state index contributed by atoms with van der Waals surface area (Å²) >= 11 is 1.67. The van der Waals surface area contributed by atoms with E-state index in [1.165, 1.54) is 0 Å². The third-order valence-electron chi connectivity index (χ3n) is 5.24. The molecule has 0 aliphatic carbocycles. The van der Waals surface area contributed by atoms with Gasteiger partial charge in [0.2, 0.25) is 5.91 Å². The summed E-state index contributed by atoms with van der Waals surface area (Å²) in [6.45, 7) is 5.36. The standard InChI is InChI=1S/C20H26N4OS/c1-22-11-13-23(14-12-22)15-18(25)24-10-6-5-9-17-20(24)26-19(21-17)16-7-3-2-4-8-16/h2-4,7-8H,5-6,9-15H2,1H3. The first kappa shape index (κ1) is 17.6. The fourth-order valence-electron chi connectivity index (χ4n) is 3.61. The minimum atomic E-state index is 0.223. The lowest BCUT2D eigenvalue weighted by Crippen LogP contribution is -2.49. The molecule has 3 heterocycles. The summed E-state index contributed by atoms with van der Waals surface area (Å²) in [6.07, 6.45) is 3.12. The van der Waals surface area contributed by atoms with Gasteiger partial charge in [-0.3, -0.25) is 9.69 Å². The first-order valence-corrected chi connectivity index (χ1v) is 10.3. The van der Waals surface area contributed by atoms with Crippen LogP contribution in [0.25, 0.3) is 10.6 Å². The number of hydrogen-bond donors (Lipinski definition) is 0. The van der Waals surface area contributed by atoms with Crippen LogP contribution in [0, 0.1) is 0 Å². The van der Waals surface area contributed by atoms with Gasteiger partial charge in [-0.1, -0.05) is 41.7 Å². The van der Waals surface area contributed by atoms with Crippen LogP contribution in [0.3, 0.4) is 0 Å². The number of fused-ring (bicyclic) bond motifs is 1. The first-order chi connectivity index (χ1) is 12.7. The summed E-state index contributed by atoms with van der Waals surface area (Å²) in [5.41, 5.74) is 2.23. The number of benzene rings is 1. The maximum atomic E-state index is 13.1. The molecule has 2 aromatic rings. The van der Waals surface area contributed by atoms with Crippen LogP contribution in [-0.2, 0) is 11.2 Å². The van der Waals surface area contributed by atoms with E-state index in [2.05, 4.69) is 29.0 Å². The van der Waals surface area contributed by atoms with Crippen molar-refractivity contribution in [2.75, 3.05) is 51.2 Å².